The zero-order chi connectivity index (χ0) is 13.9. The van der Waals surface area contributed by atoms with Gasteiger partial charge in [0.15, 0.2) is 0 Å². The molecule has 0 unspecified atom stereocenters. The van der Waals surface area contributed by atoms with E-state index in [4.69, 9.17) is 0 Å². The van der Waals surface area contributed by atoms with Gasteiger partial charge in [-0.1, -0.05) is 24.3 Å². The Bertz CT molecular complexity index is 712. The molecule has 0 saturated heterocycles. The number of pyridine rings is 1. The Morgan fingerprint density at radius 3 is 2.85 bits per heavy atom. The number of hydrogen-bond donors (Lipinski definition) is 1. The minimum atomic E-state index is -0.0532. The third kappa shape index (κ3) is 2.50. The Morgan fingerprint density at radius 2 is 2.10 bits per heavy atom. The third-order valence-corrected chi connectivity index (χ3v) is 3.81. The maximum Gasteiger partial charge on any atom is 0.136 e. The molecule has 4 nitrogen and oxygen atoms in total. The SMILES string of the molecule is CN(Cc1cscn1)c1nc(CO)cc2ccccc12. The van der Waals surface area contributed by atoms with Crippen LogP contribution >= 0.6 is 11.3 Å². The summed E-state index contributed by atoms with van der Waals surface area (Å²) in [6, 6.07) is 10.0. The number of anilines is 1. The van der Waals surface area contributed by atoms with Crippen molar-refractivity contribution in [2.45, 2.75) is 13.2 Å². The number of rotatable bonds is 4. The van der Waals surface area contributed by atoms with Crippen molar-refractivity contribution in [3.05, 3.63) is 52.6 Å². The first kappa shape index (κ1) is 13.0. The molecule has 0 radical (unpaired) electrons. The standard InChI is InChI=1S/C15H15N3OS/c1-18(7-13-9-20-10-16-13)15-14-5-3-2-4-11(14)6-12(8-19)17-15/h2-6,9-10,19H,7-8H2,1H3. The minimum Gasteiger partial charge on any atom is -0.390 e. The van der Waals surface area contributed by atoms with Crippen LogP contribution in [0, 0.1) is 0 Å². The fraction of sp³-hybridized carbons (Fsp3) is 0.200. The first-order valence-electron chi connectivity index (χ1n) is 6.35. The molecule has 1 aromatic carbocycles. The molecule has 0 fully saturated rings. The predicted molar refractivity (Wildman–Crippen MR) is 81.9 cm³/mol. The van der Waals surface area contributed by atoms with Gasteiger partial charge in [0, 0.05) is 17.8 Å². The van der Waals surface area contributed by atoms with Gasteiger partial charge in [-0.2, -0.15) is 0 Å². The van der Waals surface area contributed by atoms with Crippen molar-refractivity contribution in [3.8, 4) is 0 Å². The molecule has 0 amide bonds. The van der Waals surface area contributed by atoms with Gasteiger partial charge in [-0.3, -0.25) is 0 Å². The molecule has 1 N–H and O–H groups in total. The van der Waals surface area contributed by atoms with E-state index in [-0.39, 0.29) is 6.61 Å². The van der Waals surface area contributed by atoms with Crippen LogP contribution in [-0.2, 0) is 13.2 Å². The highest BCUT2D eigenvalue weighted by Gasteiger charge is 2.11. The number of nitrogens with zero attached hydrogens (tertiary/aromatic N) is 3. The van der Waals surface area contributed by atoms with Gasteiger partial charge in [-0.15, -0.1) is 11.3 Å². The molecule has 0 atom stereocenters. The predicted octanol–water partition coefficient (Wildman–Crippen LogP) is 2.82. The lowest BCUT2D eigenvalue weighted by Gasteiger charge is -2.20. The van der Waals surface area contributed by atoms with Gasteiger partial charge >= 0.3 is 0 Å². The van der Waals surface area contributed by atoms with E-state index in [0.29, 0.717) is 12.2 Å². The summed E-state index contributed by atoms with van der Waals surface area (Å²) in [5.41, 5.74) is 3.54. The summed E-state index contributed by atoms with van der Waals surface area (Å²) < 4.78 is 0. The summed E-state index contributed by atoms with van der Waals surface area (Å²) >= 11 is 1.59. The van der Waals surface area contributed by atoms with E-state index in [0.717, 1.165) is 22.3 Å². The van der Waals surface area contributed by atoms with E-state index in [2.05, 4.69) is 20.9 Å². The van der Waals surface area contributed by atoms with E-state index in [1.54, 1.807) is 11.3 Å². The molecule has 0 saturated carbocycles. The van der Waals surface area contributed by atoms with Gasteiger partial charge in [0.2, 0.25) is 0 Å². The lowest BCUT2D eigenvalue weighted by Crippen LogP contribution is -2.18. The molecule has 20 heavy (non-hydrogen) atoms. The Morgan fingerprint density at radius 1 is 1.25 bits per heavy atom. The van der Waals surface area contributed by atoms with Crippen molar-refractivity contribution in [1.29, 1.82) is 0 Å². The first-order chi connectivity index (χ1) is 9.78. The summed E-state index contributed by atoms with van der Waals surface area (Å²) in [5.74, 6) is 0.875. The van der Waals surface area contributed by atoms with Gasteiger partial charge in [-0.05, 0) is 11.5 Å². The maximum absolute atomic E-state index is 9.37. The molecule has 0 aliphatic rings. The molecular weight excluding hydrogens is 270 g/mol. The lowest BCUT2D eigenvalue weighted by molar-refractivity contribution is 0.277. The van der Waals surface area contributed by atoms with Crippen molar-refractivity contribution in [3.63, 3.8) is 0 Å². The number of aromatic nitrogens is 2. The first-order valence-corrected chi connectivity index (χ1v) is 7.30. The largest absolute Gasteiger partial charge is 0.390 e. The van der Waals surface area contributed by atoms with Crippen LogP contribution in [0.5, 0.6) is 0 Å². The fourth-order valence-corrected chi connectivity index (χ4v) is 2.79. The smallest absolute Gasteiger partial charge is 0.136 e. The number of aliphatic hydroxyl groups excluding tert-OH is 1. The van der Waals surface area contributed by atoms with Crippen LogP contribution in [0.2, 0.25) is 0 Å². The highest BCUT2D eigenvalue weighted by molar-refractivity contribution is 7.07. The molecule has 0 spiro atoms. The van der Waals surface area contributed by atoms with Crippen molar-refractivity contribution < 1.29 is 5.11 Å². The Labute approximate surface area is 121 Å². The Kier molecular flexibility index (Phi) is 3.62. The summed E-state index contributed by atoms with van der Waals surface area (Å²) in [4.78, 5) is 10.9. The van der Waals surface area contributed by atoms with Gasteiger partial charge < -0.3 is 10.0 Å². The van der Waals surface area contributed by atoms with Crippen LogP contribution in [0.1, 0.15) is 11.4 Å². The second-order valence-electron chi connectivity index (χ2n) is 4.65. The quantitative estimate of drug-likeness (QED) is 0.801. The van der Waals surface area contributed by atoms with Gasteiger partial charge in [0.05, 0.1) is 30.1 Å². The van der Waals surface area contributed by atoms with Crippen molar-refractivity contribution >= 4 is 27.9 Å². The van der Waals surface area contributed by atoms with Crippen LogP contribution in [0.15, 0.2) is 41.2 Å². The van der Waals surface area contributed by atoms with Gasteiger partial charge in [0.25, 0.3) is 0 Å². The van der Waals surface area contributed by atoms with Crippen LogP contribution < -0.4 is 4.90 Å². The molecule has 3 aromatic rings. The molecule has 0 bridgehead atoms. The third-order valence-electron chi connectivity index (χ3n) is 3.18. The van der Waals surface area contributed by atoms with E-state index in [1.807, 2.05) is 42.2 Å². The number of aliphatic hydroxyl groups is 1. The second-order valence-corrected chi connectivity index (χ2v) is 5.37. The lowest BCUT2D eigenvalue weighted by atomic mass is 10.1. The molecular formula is C15H15N3OS. The van der Waals surface area contributed by atoms with Crippen LogP contribution in [0.4, 0.5) is 5.82 Å². The van der Waals surface area contributed by atoms with Crippen molar-refractivity contribution in [2.24, 2.45) is 0 Å². The van der Waals surface area contributed by atoms with E-state index >= 15 is 0 Å². The molecule has 2 aromatic heterocycles. The molecule has 0 aliphatic heterocycles. The highest BCUT2D eigenvalue weighted by Crippen LogP contribution is 2.26. The van der Waals surface area contributed by atoms with Gasteiger partial charge in [-0.25, -0.2) is 9.97 Å². The van der Waals surface area contributed by atoms with Crippen LogP contribution in [0.3, 0.4) is 0 Å². The van der Waals surface area contributed by atoms with Gasteiger partial charge in [0.1, 0.15) is 5.82 Å². The average Bonchev–Trinajstić information content (AvgIpc) is 2.98. The minimum absolute atomic E-state index is 0.0532. The highest BCUT2D eigenvalue weighted by atomic mass is 32.1. The second kappa shape index (κ2) is 5.56. The summed E-state index contributed by atoms with van der Waals surface area (Å²) in [6.07, 6.45) is 0. The zero-order valence-electron chi connectivity index (χ0n) is 11.2. The monoisotopic (exact) mass is 285 g/mol. The Hall–Kier alpha value is -1.98. The summed E-state index contributed by atoms with van der Waals surface area (Å²) in [5, 5.41) is 13.6. The van der Waals surface area contributed by atoms with E-state index < -0.39 is 0 Å². The molecule has 3 rings (SSSR count). The summed E-state index contributed by atoms with van der Waals surface area (Å²) in [6.45, 7) is 0.651. The van der Waals surface area contributed by atoms with Crippen molar-refractivity contribution in [2.75, 3.05) is 11.9 Å². The normalized spacial score (nSPS) is 10.9. The van der Waals surface area contributed by atoms with Crippen LogP contribution in [-0.4, -0.2) is 22.1 Å². The number of thiazole rings is 1. The molecule has 0 aliphatic carbocycles. The topological polar surface area (TPSA) is 49.2 Å². The average molecular weight is 285 g/mol. The molecule has 5 heteroatoms. The fourth-order valence-electron chi connectivity index (χ4n) is 2.24. The van der Waals surface area contributed by atoms with E-state index in [1.165, 1.54) is 0 Å². The molecule has 102 valence electrons. The number of hydrogen-bond acceptors (Lipinski definition) is 5. The van der Waals surface area contributed by atoms with E-state index in [9.17, 15) is 5.11 Å². The summed E-state index contributed by atoms with van der Waals surface area (Å²) in [7, 11) is 2.00. The zero-order valence-corrected chi connectivity index (χ0v) is 12.0. The van der Waals surface area contributed by atoms with Crippen LogP contribution in [0.25, 0.3) is 10.8 Å². The number of benzene rings is 1. The Balaban J connectivity index is 2.04. The molecule has 2 heterocycles. The number of fused-ring (bicyclic) bond motifs is 1. The van der Waals surface area contributed by atoms with Crippen molar-refractivity contribution in [1.82, 2.24) is 9.97 Å². The maximum atomic E-state index is 9.37.